The van der Waals surface area contributed by atoms with Crippen molar-refractivity contribution < 1.29 is 0 Å². The summed E-state index contributed by atoms with van der Waals surface area (Å²) >= 11 is 3.49. The van der Waals surface area contributed by atoms with Gasteiger partial charge >= 0.3 is 0 Å². The van der Waals surface area contributed by atoms with Gasteiger partial charge in [0.1, 0.15) is 0 Å². The van der Waals surface area contributed by atoms with Gasteiger partial charge in [-0.15, -0.1) is 35.3 Å². The summed E-state index contributed by atoms with van der Waals surface area (Å²) in [6.45, 7) is 8.97. The van der Waals surface area contributed by atoms with Gasteiger partial charge in [0.2, 0.25) is 0 Å². The Hall–Kier alpha value is -0.670. The summed E-state index contributed by atoms with van der Waals surface area (Å²) in [5, 5.41) is 14.4. The SMILES string of the molecule is CCNC(=NCC(C)c1ccsc1)NCCc1csc(CC)n1.I. The molecule has 0 aliphatic carbocycles. The van der Waals surface area contributed by atoms with Crippen LogP contribution in [0.25, 0.3) is 0 Å². The molecule has 4 nitrogen and oxygen atoms in total. The van der Waals surface area contributed by atoms with E-state index < -0.39 is 0 Å². The van der Waals surface area contributed by atoms with Gasteiger partial charge in [0.25, 0.3) is 0 Å². The standard InChI is InChI=1S/C17H26N4S2.HI/c1-4-16-21-15(12-23-16)6-8-19-17(18-5-2)20-10-13(3)14-7-9-22-11-14;/h7,9,11-13H,4-6,8,10H2,1-3H3,(H2,18,19,20);1H. The number of aryl methyl sites for hydroxylation is 1. The van der Waals surface area contributed by atoms with Crippen LogP contribution in [-0.4, -0.2) is 30.6 Å². The first-order valence-electron chi connectivity index (χ1n) is 8.20. The maximum Gasteiger partial charge on any atom is 0.191 e. The average Bonchev–Trinajstić information content (AvgIpc) is 3.23. The molecular formula is C17H27IN4S2. The zero-order valence-electron chi connectivity index (χ0n) is 14.5. The minimum atomic E-state index is 0. The van der Waals surface area contributed by atoms with Crippen molar-refractivity contribution in [2.75, 3.05) is 19.6 Å². The summed E-state index contributed by atoms with van der Waals surface area (Å²) in [7, 11) is 0. The number of guanidine groups is 1. The minimum absolute atomic E-state index is 0. The highest BCUT2D eigenvalue weighted by atomic mass is 127. The van der Waals surface area contributed by atoms with Crippen molar-refractivity contribution in [3.8, 4) is 0 Å². The second kappa shape index (κ2) is 11.8. The zero-order chi connectivity index (χ0) is 16.5. The van der Waals surface area contributed by atoms with Crippen LogP contribution in [0.1, 0.15) is 43.0 Å². The molecule has 1 atom stereocenters. The molecule has 2 aromatic rings. The van der Waals surface area contributed by atoms with E-state index in [0.29, 0.717) is 5.92 Å². The average molecular weight is 478 g/mol. The number of nitrogens with zero attached hydrogens (tertiary/aromatic N) is 2. The van der Waals surface area contributed by atoms with Crippen LogP contribution >= 0.6 is 46.7 Å². The lowest BCUT2D eigenvalue weighted by atomic mass is 10.1. The second-order valence-corrected chi connectivity index (χ2v) is 7.16. The number of rotatable bonds is 8. The predicted octanol–water partition coefficient (Wildman–Crippen LogP) is 4.29. The first-order valence-corrected chi connectivity index (χ1v) is 10.0. The van der Waals surface area contributed by atoms with E-state index in [1.54, 1.807) is 22.7 Å². The van der Waals surface area contributed by atoms with Gasteiger partial charge < -0.3 is 10.6 Å². The van der Waals surface area contributed by atoms with E-state index in [2.05, 4.69) is 58.6 Å². The lowest BCUT2D eigenvalue weighted by molar-refractivity contribution is 0.745. The van der Waals surface area contributed by atoms with E-state index in [0.717, 1.165) is 38.4 Å². The first kappa shape index (κ1) is 21.4. The van der Waals surface area contributed by atoms with E-state index in [-0.39, 0.29) is 24.0 Å². The monoisotopic (exact) mass is 478 g/mol. The largest absolute Gasteiger partial charge is 0.357 e. The summed E-state index contributed by atoms with van der Waals surface area (Å²) in [6.07, 6.45) is 1.95. The molecule has 7 heteroatoms. The molecule has 24 heavy (non-hydrogen) atoms. The van der Waals surface area contributed by atoms with E-state index in [4.69, 9.17) is 4.99 Å². The Morgan fingerprint density at radius 1 is 1.29 bits per heavy atom. The normalized spacial score (nSPS) is 12.5. The molecule has 134 valence electrons. The number of aliphatic imine (C=N–C) groups is 1. The highest BCUT2D eigenvalue weighted by Crippen LogP contribution is 2.18. The molecule has 0 spiro atoms. The fraction of sp³-hybridized carbons (Fsp3) is 0.529. The third-order valence-electron chi connectivity index (χ3n) is 3.56. The van der Waals surface area contributed by atoms with Gasteiger partial charge in [-0.1, -0.05) is 13.8 Å². The Bertz CT molecular complexity index is 596. The van der Waals surface area contributed by atoms with E-state index in [9.17, 15) is 0 Å². The number of halogens is 1. The van der Waals surface area contributed by atoms with Crippen molar-refractivity contribution in [1.82, 2.24) is 15.6 Å². The lowest BCUT2D eigenvalue weighted by Gasteiger charge is -2.12. The Balaban J connectivity index is 0.00000288. The Labute approximate surface area is 170 Å². The van der Waals surface area contributed by atoms with Crippen LogP contribution in [0.15, 0.2) is 27.2 Å². The maximum absolute atomic E-state index is 4.70. The molecule has 0 saturated carbocycles. The predicted molar refractivity (Wildman–Crippen MR) is 117 cm³/mol. The summed E-state index contributed by atoms with van der Waals surface area (Å²) in [5.41, 5.74) is 2.53. The fourth-order valence-electron chi connectivity index (χ4n) is 2.17. The molecular weight excluding hydrogens is 451 g/mol. The molecule has 0 saturated heterocycles. The van der Waals surface area contributed by atoms with Crippen LogP contribution in [0.4, 0.5) is 0 Å². The van der Waals surface area contributed by atoms with Crippen LogP contribution < -0.4 is 10.6 Å². The van der Waals surface area contributed by atoms with Crippen molar-refractivity contribution in [2.45, 2.75) is 39.5 Å². The lowest BCUT2D eigenvalue weighted by Crippen LogP contribution is -2.38. The molecule has 0 aliphatic heterocycles. The molecule has 0 radical (unpaired) electrons. The van der Waals surface area contributed by atoms with Crippen LogP contribution in [0.5, 0.6) is 0 Å². The smallest absolute Gasteiger partial charge is 0.191 e. The molecule has 2 N–H and O–H groups in total. The van der Waals surface area contributed by atoms with Crippen LogP contribution in [-0.2, 0) is 12.8 Å². The van der Waals surface area contributed by atoms with Gasteiger partial charge in [0, 0.05) is 37.4 Å². The summed E-state index contributed by atoms with van der Waals surface area (Å²) < 4.78 is 0. The molecule has 2 rings (SSSR count). The summed E-state index contributed by atoms with van der Waals surface area (Å²) in [4.78, 5) is 9.30. The highest BCUT2D eigenvalue weighted by Gasteiger charge is 2.06. The van der Waals surface area contributed by atoms with Crippen LogP contribution in [0.2, 0.25) is 0 Å². The van der Waals surface area contributed by atoms with Crippen molar-refractivity contribution in [3.05, 3.63) is 38.5 Å². The third kappa shape index (κ3) is 7.06. The van der Waals surface area contributed by atoms with E-state index in [1.807, 2.05) is 0 Å². The molecule has 0 fully saturated rings. The van der Waals surface area contributed by atoms with Crippen molar-refractivity contribution in [2.24, 2.45) is 4.99 Å². The van der Waals surface area contributed by atoms with Gasteiger partial charge in [-0.05, 0) is 35.7 Å². The molecule has 2 aromatic heterocycles. The topological polar surface area (TPSA) is 49.3 Å². The fourth-order valence-corrected chi connectivity index (χ4v) is 3.73. The Kier molecular flexibility index (Phi) is 10.5. The zero-order valence-corrected chi connectivity index (χ0v) is 18.5. The van der Waals surface area contributed by atoms with Crippen molar-refractivity contribution >= 4 is 52.6 Å². The Morgan fingerprint density at radius 2 is 2.12 bits per heavy atom. The number of thiophene rings is 1. The minimum Gasteiger partial charge on any atom is -0.357 e. The van der Waals surface area contributed by atoms with Crippen molar-refractivity contribution in [3.63, 3.8) is 0 Å². The van der Waals surface area contributed by atoms with E-state index in [1.165, 1.54) is 16.3 Å². The van der Waals surface area contributed by atoms with Gasteiger partial charge in [0.15, 0.2) is 5.96 Å². The van der Waals surface area contributed by atoms with Gasteiger partial charge in [0.05, 0.1) is 10.7 Å². The highest BCUT2D eigenvalue weighted by molar-refractivity contribution is 14.0. The summed E-state index contributed by atoms with van der Waals surface area (Å²) in [6, 6.07) is 2.18. The first-order chi connectivity index (χ1) is 11.2. The quantitative estimate of drug-likeness (QED) is 0.338. The molecule has 2 heterocycles. The second-order valence-electron chi connectivity index (χ2n) is 5.44. The summed E-state index contributed by atoms with van der Waals surface area (Å²) in [5.74, 6) is 1.34. The molecule has 0 aromatic carbocycles. The van der Waals surface area contributed by atoms with E-state index >= 15 is 0 Å². The number of hydrogen-bond acceptors (Lipinski definition) is 4. The van der Waals surface area contributed by atoms with Crippen LogP contribution in [0, 0.1) is 0 Å². The van der Waals surface area contributed by atoms with Gasteiger partial charge in [-0.2, -0.15) is 11.3 Å². The maximum atomic E-state index is 4.70. The van der Waals surface area contributed by atoms with Gasteiger partial charge in [-0.25, -0.2) is 4.98 Å². The van der Waals surface area contributed by atoms with Crippen molar-refractivity contribution in [1.29, 1.82) is 0 Å². The molecule has 1 unspecified atom stereocenters. The number of aromatic nitrogens is 1. The number of nitrogens with one attached hydrogen (secondary N) is 2. The molecule has 0 aliphatic rings. The molecule has 0 amide bonds. The number of hydrogen-bond donors (Lipinski definition) is 2. The Morgan fingerprint density at radius 3 is 2.75 bits per heavy atom. The van der Waals surface area contributed by atoms with Crippen LogP contribution in [0.3, 0.4) is 0 Å². The van der Waals surface area contributed by atoms with Gasteiger partial charge in [-0.3, -0.25) is 4.99 Å². The number of thiazole rings is 1. The molecule has 0 bridgehead atoms. The third-order valence-corrected chi connectivity index (χ3v) is 5.30.